The molecule has 2 amide bonds. The summed E-state index contributed by atoms with van der Waals surface area (Å²) < 4.78 is 53.3. The van der Waals surface area contributed by atoms with Crippen LogP contribution in [0.3, 0.4) is 0 Å². The first-order valence-electron chi connectivity index (χ1n) is 13.5. The zero-order valence-corrected chi connectivity index (χ0v) is 26.6. The van der Waals surface area contributed by atoms with E-state index in [4.69, 9.17) is 32.7 Å². The smallest absolute Gasteiger partial charge is 0.264 e. The Morgan fingerprint density at radius 1 is 0.953 bits per heavy atom. The first-order chi connectivity index (χ1) is 20.5. The lowest BCUT2D eigenvalue weighted by molar-refractivity contribution is -0.140. The van der Waals surface area contributed by atoms with E-state index in [1.54, 1.807) is 19.1 Å². The maximum Gasteiger partial charge on any atom is 0.264 e. The summed E-state index contributed by atoms with van der Waals surface area (Å²) in [7, 11) is -1.64. The molecule has 0 spiro atoms. The van der Waals surface area contributed by atoms with Crippen LogP contribution in [0.15, 0.2) is 65.6 Å². The number of benzene rings is 3. The van der Waals surface area contributed by atoms with Gasteiger partial charge in [0.05, 0.1) is 24.8 Å². The van der Waals surface area contributed by atoms with Crippen LogP contribution in [0.2, 0.25) is 10.0 Å². The molecule has 0 bridgehead atoms. The first kappa shape index (κ1) is 34.0. The first-order valence-corrected chi connectivity index (χ1v) is 15.7. The van der Waals surface area contributed by atoms with Crippen LogP contribution >= 0.6 is 23.2 Å². The summed E-state index contributed by atoms with van der Waals surface area (Å²) in [4.78, 5) is 28.4. The molecule has 3 rings (SSSR count). The molecule has 1 N–H and O–H groups in total. The molecule has 3 aromatic rings. The van der Waals surface area contributed by atoms with Gasteiger partial charge >= 0.3 is 0 Å². The Balaban J connectivity index is 2.11. The number of nitrogens with one attached hydrogen (secondary N) is 1. The van der Waals surface area contributed by atoms with Crippen LogP contribution in [0, 0.1) is 5.82 Å². The number of ether oxygens (including phenoxy) is 2. The van der Waals surface area contributed by atoms with Crippen molar-refractivity contribution in [2.45, 2.75) is 44.2 Å². The zero-order valence-electron chi connectivity index (χ0n) is 24.3. The van der Waals surface area contributed by atoms with E-state index in [9.17, 15) is 22.4 Å². The summed E-state index contributed by atoms with van der Waals surface area (Å²) in [6.45, 7) is 3.25. The molecule has 0 fully saturated rings. The summed E-state index contributed by atoms with van der Waals surface area (Å²) in [5, 5.41) is 3.48. The van der Waals surface area contributed by atoms with Gasteiger partial charge in [-0.05, 0) is 66.9 Å². The van der Waals surface area contributed by atoms with Gasteiger partial charge in [-0.25, -0.2) is 12.8 Å². The summed E-state index contributed by atoms with van der Waals surface area (Å²) in [5.41, 5.74) is 0.551. The molecule has 13 heteroatoms. The molecule has 0 saturated heterocycles. The molecule has 0 saturated carbocycles. The van der Waals surface area contributed by atoms with E-state index >= 15 is 0 Å². The van der Waals surface area contributed by atoms with E-state index in [-0.39, 0.29) is 40.2 Å². The quantitative estimate of drug-likeness (QED) is 0.240. The molecule has 0 unspecified atom stereocenters. The van der Waals surface area contributed by atoms with Gasteiger partial charge in [0, 0.05) is 29.2 Å². The second kappa shape index (κ2) is 15.3. The van der Waals surface area contributed by atoms with Crippen molar-refractivity contribution < 1.29 is 31.9 Å². The van der Waals surface area contributed by atoms with E-state index in [2.05, 4.69) is 5.32 Å². The van der Waals surface area contributed by atoms with Gasteiger partial charge in [0.1, 0.15) is 18.4 Å². The van der Waals surface area contributed by atoms with Crippen LogP contribution in [0.25, 0.3) is 0 Å². The molecule has 1 atom stereocenters. The average molecular weight is 655 g/mol. The molecule has 9 nitrogen and oxygen atoms in total. The lowest BCUT2D eigenvalue weighted by Crippen LogP contribution is -2.52. The average Bonchev–Trinajstić information content (AvgIpc) is 2.99. The van der Waals surface area contributed by atoms with Crippen LogP contribution in [0.5, 0.6) is 11.5 Å². The predicted molar refractivity (Wildman–Crippen MR) is 165 cm³/mol. The van der Waals surface area contributed by atoms with E-state index in [0.717, 1.165) is 16.4 Å². The third-order valence-electron chi connectivity index (χ3n) is 6.63. The van der Waals surface area contributed by atoms with Gasteiger partial charge < -0.3 is 19.7 Å². The van der Waals surface area contributed by atoms with Crippen molar-refractivity contribution in [3.63, 3.8) is 0 Å². The number of hydrogen-bond acceptors (Lipinski definition) is 6. The summed E-state index contributed by atoms with van der Waals surface area (Å²) in [6.07, 6.45) is 0.923. The molecule has 43 heavy (non-hydrogen) atoms. The van der Waals surface area contributed by atoms with Gasteiger partial charge in [-0.2, -0.15) is 0 Å². The fraction of sp³-hybridized carbons (Fsp3) is 0.333. The molecular weight excluding hydrogens is 620 g/mol. The van der Waals surface area contributed by atoms with E-state index in [0.29, 0.717) is 29.3 Å². The number of anilines is 1. The molecule has 0 radical (unpaired) electrons. The molecular formula is C30H34Cl2FN3O6S. The van der Waals surface area contributed by atoms with E-state index in [1.165, 1.54) is 55.5 Å². The molecule has 0 aromatic heterocycles. The van der Waals surface area contributed by atoms with E-state index < -0.39 is 34.3 Å². The Kier molecular flexibility index (Phi) is 12.1. The highest BCUT2D eigenvalue weighted by molar-refractivity contribution is 7.92. The standard InChI is InChI=1S/C30H34Cl2FN3O6S/c1-5-15-34-30(38)26(6-2)35(18-20-7-8-21(31)16-25(20)32)29(37)19-36(23-11-9-22(33)10-12-23)43(39,40)24-13-14-27(41-3)28(17-24)42-4/h7-14,16-17,26H,5-6,15,18-19H2,1-4H3,(H,34,38)/t26-/m0/s1. The topological polar surface area (TPSA) is 105 Å². The number of amides is 2. The van der Waals surface area contributed by atoms with Gasteiger partial charge in [-0.1, -0.05) is 43.1 Å². The van der Waals surface area contributed by atoms with Crippen molar-refractivity contribution >= 4 is 50.7 Å². The Hall–Kier alpha value is -3.54. The lowest BCUT2D eigenvalue weighted by atomic mass is 10.1. The number of carbonyl (C=O) groups is 2. The number of rotatable bonds is 14. The minimum atomic E-state index is -4.42. The van der Waals surface area contributed by atoms with Crippen molar-refractivity contribution in [1.29, 1.82) is 0 Å². The normalized spacial score (nSPS) is 11.9. The Morgan fingerprint density at radius 2 is 1.63 bits per heavy atom. The Labute approximate surface area is 261 Å². The van der Waals surface area contributed by atoms with Crippen molar-refractivity contribution in [3.8, 4) is 11.5 Å². The fourth-order valence-electron chi connectivity index (χ4n) is 4.36. The Bertz CT molecular complexity index is 1540. The molecule has 232 valence electrons. The van der Waals surface area contributed by atoms with E-state index in [1.807, 2.05) is 6.92 Å². The number of halogens is 3. The lowest BCUT2D eigenvalue weighted by Gasteiger charge is -2.33. The maximum atomic E-state index is 14.1. The van der Waals surface area contributed by atoms with Gasteiger partial charge in [0.25, 0.3) is 10.0 Å². The van der Waals surface area contributed by atoms with Crippen molar-refractivity contribution in [2.75, 3.05) is 31.6 Å². The third kappa shape index (κ3) is 8.31. The highest BCUT2D eigenvalue weighted by atomic mass is 35.5. The van der Waals surface area contributed by atoms with Crippen molar-refractivity contribution in [3.05, 3.63) is 82.1 Å². The zero-order chi connectivity index (χ0) is 31.7. The molecule has 0 aliphatic heterocycles. The summed E-state index contributed by atoms with van der Waals surface area (Å²) in [5.74, 6) is -1.19. The van der Waals surface area contributed by atoms with Crippen LogP contribution in [-0.4, -0.2) is 58.5 Å². The molecule has 0 aliphatic carbocycles. The minimum absolute atomic E-state index is 0.0393. The second-order valence-electron chi connectivity index (χ2n) is 9.48. The highest BCUT2D eigenvalue weighted by Gasteiger charge is 2.34. The predicted octanol–water partition coefficient (Wildman–Crippen LogP) is 5.68. The van der Waals surface area contributed by atoms with Gasteiger partial charge in [-0.15, -0.1) is 0 Å². The maximum absolute atomic E-state index is 14.1. The molecule has 0 heterocycles. The number of nitrogens with zero attached hydrogens (tertiary/aromatic N) is 2. The number of hydrogen-bond donors (Lipinski definition) is 1. The van der Waals surface area contributed by atoms with Crippen LogP contribution in [-0.2, 0) is 26.2 Å². The van der Waals surface area contributed by atoms with Crippen LogP contribution in [0.1, 0.15) is 32.3 Å². The van der Waals surface area contributed by atoms with Gasteiger partial charge in [-0.3, -0.25) is 13.9 Å². The molecule has 0 aliphatic rings. The van der Waals surface area contributed by atoms with Crippen LogP contribution < -0.4 is 19.1 Å². The second-order valence-corrected chi connectivity index (χ2v) is 12.2. The largest absolute Gasteiger partial charge is 0.493 e. The summed E-state index contributed by atoms with van der Waals surface area (Å²) in [6, 6.07) is 12.5. The van der Waals surface area contributed by atoms with Gasteiger partial charge in [0.15, 0.2) is 11.5 Å². The number of sulfonamides is 1. The Morgan fingerprint density at radius 3 is 2.21 bits per heavy atom. The monoisotopic (exact) mass is 653 g/mol. The summed E-state index contributed by atoms with van der Waals surface area (Å²) >= 11 is 12.5. The van der Waals surface area contributed by atoms with Gasteiger partial charge in [0.2, 0.25) is 11.8 Å². The van der Waals surface area contributed by atoms with Crippen molar-refractivity contribution in [2.24, 2.45) is 0 Å². The molecule has 3 aromatic carbocycles. The highest BCUT2D eigenvalue weighted by Crippen LogP contribution is 2.33. The number of methoxy groups -OCH3 is 2. The van der Waals surface area contributed by atoms with Crippen LogP contribution in [0.4, 0.5) is 10.1 Å². The fourth-order valence-corrected chi connectivity index (χ4v) is 6.26. The SMILES string of the molecule is CCCNC(=O)[C@H](CC)N(Cc1ccc(Cl)cc1Cl)C(=O)CN(c1ccc(F)cc1)S(=O)(=O)c1ccc(OC)c(OC)c1. The number of carbonyl (C=O) groups excluding carboxylic acids is 2. The third-order valence-corrected chi connectivity index (χ3v) is 8.98. The minimum Gasteiger partial charge on any atom is -0.493 e. The van der Waals surface area contributed by atoms with Crippen molar-refractivity contribution in [1.82, 2.24) is 10.2 Å².